The van der Waals surface area contributed by atoms with Gasteiger partial charge in [-0.05, 0) is 55.9 Å². The number of fused-ring (bicyclic) bond motifs is 1. The van der Waals surface area contributed by atoms with Crippen LogP contribution in [0.15, 0.2) is 23.4 Å². The molecule has 0 aromatic carbocycles. The van der Waals surface area contributed by atoms with Crippen molar-refractivity contribution in [3.05, 3.63) is 23.9 Å². The van der Waals surface area contributed by atoms with Crippen molar-refractivity contribution in [2.45, 2.75) is 67.3 Å². The second kappa shape index (κ2) is 10.6. The molecule has 4 aliphatic rings. The molecule has 2 N–H and O–H groups in total. The van der Waals surface area contributed by atoms with Crippen LogP contribution in [0.25, 0.3) is 0 Å². The maximum absolute atomic E-state index is 13.1. The number of unbranched alkanes of at least 4 members (excludes halogenated alkanes) is 1. The Morgan fingerprint density at radius 1 is 1.17 bits per heavy atom. The van der Waals surface area contributed by atoms with E-state index in [2.05, 4.69) is 20.5 Å². The quantitative estimate of drug-likeness (QED) is 0.328. The van der Waals surface area contributed by atoms with Gasteiger partial charge >= 0.3 is 6.03 Å². The maximum atomic E-state index is 13.1. The molecule has 35 heavy (non-hydrogen) atoms. The molecule has 10 heteroatoms. The Bertz CT molecular complexity index is 968. The van der Waals surface area contributed by atoms with Crippen LogP contribution in [-0.4, -0.2) is 88.2 Å². The van der Waals surface area contributed by atoms with Gasteiger partial charge in [-0.2, -0.15) is 11.8 Å². The summed E-state index contributed by atoms with van der Waals surface area (Å²) >= 11 is 3.44. The molecule has 0 radical (unpaired) electrons. The topological polar surface area (TPSA) is 94.6 Å². The van der Waals surface area contributed by atoms with Crippen LogP contribution in [0.1, 0.15) is 55.3 Å². The lowest BCUT2D eigenvalue weighted by atomic mass is 9.77. The van der Waals surface area contributed by atoms with Crippen LogP contribution in [0.3, 0.4) is 0 Å². The van der Waals surface area contributed by atoms with E-state index in [1.54, 1.807) is 6.20 Å². The van der Waals surface area contributed by atoms with Gasteiger partial charge in [0.15, 0.2) is 0 Å². The Hall–Kier alpha value is -1.94. The fraction of sp³-hybridized carbons (Fsp3) is 0.680. The molecule has 4 aliphatic heterocycles. The number of carbonyl (C=O) groups is 3. The highest BCUT2D eigenvalue weighted by atomic mass is 32.2. The number of thioether (sulfide) groups is 2. The first-order valence-electron chi connectivity index (χ1n) is 12.7. The van der Waals surface area contributed by atoms with Crippen molar-refractivity contribution >= 4 is 41.4 Å². The minimum absolute atomic E-state index is 0.0413. The van der Waals surface area contributed by atoms with Gasteiger partial charge in [-0.1, -0.05) is 6.42 Å². The van der Waals surface area contributed by atoms with E-state index >= 15 is 0 Å². The minimum Gasteiger partial charge on any atom is -0.342 e. The molecule has 1 spiro atoms. The van der Waals surface area contributed by atoms with E-state index in [9.17, 15) is 14.4 Å². The molecule has 4 saturated heterocycles. The third kappa shape index (κ3) is 5.28. The van der Waals surface area contributed by atoms with E-state index in [0.29, 0.717) is 17.2 Å². The van der Waals surface area contributed by atoms with Crippen molar-refractivity contribution in [1.29, 1.82) is 0 Å². The third-order valence-electron chi connectivity index (χ3n) is 8.16. The second-order valence-corrected chi connectivity index (χ2v) is 12.4. The maximum Gasteiger partial charge on any atom is 0.315 e. The number of likely N-dealkylation sites (tertiary alicyclic amines) is 2. The fourth-order valence-corrected chi connectivity index (χ4v) is 8.13. The predicted octanol–water partition coefficient (Wildman–Crippen LogP) is 2.98. The van der Waals surface area contributed by atoms with Gasteiger partial charge in [-0.15, -0.1) is 11.8 Å². The lowest BCUT2D eigenvalue weighted by Crippen LogP contribution is -2.44. The highest BCUT2D eigenvalue weighted by molar-refractivity contribution is 8.00. The number of rotatable bonds is 7. The average Bonchev–Trinajstić information content (AvgIpc) is 3.56. The van der Waals surface area contributed by atoms with Crippen LogP contribution in [0, 0.1) is 5.41 Å². The summed E-state index contributed by atoms with van der Waals surface area (Å²) in [4.78, 5) is 45.8. The van der Waals surface area contributed by atoms with E-state index in [1.165, 1.54) is 11.8 Å². The minimum atomic E-state index is -0.0413. The lowest BCUT2D eigenvalue weighted by molar-refractivity contribution is -0.130. The van der Waals surface area contributed by atoms with Gasteiger partial charge in [-0.3, -0.25) is 9.59 Å². The normalized spacial score (nSPS) is 27.1. The van der Waals surface area contributed by atoms with Gasteiger partial charge in [-0.25, -0.2) is 9.78 Å². The summed E-state index contributed by atoms with van der Waals surface area (Å²) < 4.78 is 0. The molecule has 8 nitrogen and oxygen atoms in total. The Morgan fingerprint density at radius 3 is 2.71 bits per heavy atom. The number of hydrogen-bond acceptors (Lipinski definition) is 6. The summed E-state index contributed by atoms with van der Waals surface area (Å²) in [5.41, 5.74) is 0.852. The molecule has 3 unspecified atom stereocenters. The van der Waals surface area contributed by atoms with Gasteiger partial charge in [0.2, 0.25) is 5.91 Å². The monoisotopic (exact) mass is 517 g/mol. The Morgan fingerprint density at radius 2 is 1.94 bits per heavy atom. The molecule has 1 aromatic rings. The summed E-state index contributed by atoms with van der Waals surface area (Å²) in [5.74, 6) is 1.32. The molecular formula is C25H35N5O3S2. The van der Waals surface area contributed by atoms with E-state index in [-0.39, 0.29) is 35.3 Å². The molecule has 4 amide bonds. The number of carbonyl (C=O) groups excluding carboxylic acids is 3. The Balaban J connectivity index is 1.04. The van der Waals surface area contributed by atoms with Crippen LogP contribution in [0.5, 0.6) is 0 Å². The van der Waals surface area contributed by atoms with E-state index in [4.69, 9.17) is 0 Å². The van der Waals surface area contributed by atoms with E-state index in [0.717, 1.165) is 75.5 Å². The number of amides is 4. The molecule has 3 atom stereocenters. The van der Waals surface area contributed by atoms with Crippen LogP contribution in [0.2, 0.25) is 0 Å². The third-order valence-corrected chi connectivity index (χ3v) is 10.4. The van der Waals surface area contributed by atoms with Crippen LogP contribution < -0.4 is 10.6 Å². The second-order valence-electron chi connectivity index (χ2n) is 10.3. The zero-order chi connectivity index (χ0) is 24.4. The standard InChI is InChI=1S/C25H35N5O3S2/c1-34-22-17(5-4-11-26-22)23(32)29-12-8-25(9-13-29)10-14-30(16-25)20(31)7-3-2-6-19-21-18(15-35-19)27-24(33)28-21/h4-5,11,18-19,21H,2-3,6-10,12-16H2,1H3,(H2,27,28,33). The van der Waals surface area contributed by atoms with Crippen molar-refractivity contribution in [3.63, 3.8) is 0 Å². The molecule has 0 saturated carbocycles. The van der Waals surface area contributed by atoms with Crippen molar-refractivity contribution in [2.24, 2.45) is 5.41 Å². The molecule has 5 rings (SSSR count). The molecule has 0 aliphatic carbocycles. The summed E-state index contributed by atoms with van der Waals surface area (Å²) in [7, 11) is 0. The predicted molar refractivity (Wildman–Crippen MR) is 139 cm³/mol. The summed E-state index contributed by atoms with van der Waals surface area (Å²) in [5, 5.41) is 7.27. The highest BCUT2D eigenvalue weighted by Gasteiger charge is 2.44. The Labute approximate surface area is 215 Å². The number of piperidine rings is 1. The van der Waals surface area contributed by atoms with Crippen molar-refractivity contribution < 1.29 is 14.4 Å². The first-order chi connectivity index (χ1) is 17.0. The van der Waals surface area contributed by atoms with Crippen molar-refractivity contribution in [1.82, 2.24) is 25.4 Å². The van der Waals surface area contributed by atoms with Gasteiger partial charge in [0.25, 0.3) is 5.91 Å². The molecule has 0 bridgehead atoms. The number of nitrogens with zero attached hydrogens (tertiary/aromatic N) is 3. The van der Waals surface area contributed by atoms with Crippen LogP contribution in [-0.2, 0) is 4.79 Å². The number of hydrogen-bond donors (Lipinski definition) is 2. The van der Waals surface area contributed by atoms with Crippen LogP contribution in [0.4, 0.5) is 4.79 Å². The summed E-state index contributed by atoms with van der Waals surface area (Å²) in [6.45, 7) is 3.16. The van der Waals surface area contributed by atoms with Gasteiger partial charge in [0, 0.05) is 49.8 Å². The number of aromatic nitrogens is 1. The van der Waals surface area contributed by atoms with Gasteiger partial charge in [0.05, 0.1) is 17.6 Å². The van der Waals surface area contributed by atoms with Crippen molar-refractivity contribution in [2.75, 3.05) is 38.2 Å². The van der Waals surface area contributed by atoms with E-state index < -0.39 is 0 Å². The molecule has 4 fully saturated rings. The highest BCUT2D eigenvalue weighted by Crippen LogP contribution is 2.41. The number of nitrogens with one attached hydrogen (secondary N) is 2. The SMILES string of the molecule is CSc1ncccc1C(=O)N1CCC2(CCN(C(=O)CCCCC3SCC4NC(=O)NC43)C2)CC1. The summed E-state index contributed by atoms with van der Waals surface area (Å²) in [6.07, 6.45) is 10.2. The van der Waals surface area contributed by atoms with Gasteiger partial charge in [0.1, 0.15) is 5.03 Å². The number of pyridine rings is 1. The Kier molecular flexibility index (Phi) is 7.48. The largest absolute Gasteiger partial charge is 0.342 e. The van der Waals surface area contributed by atoms with Crippen LogP contribution >= 0.6 is 23.5 Å². The van der Waals surface area contributed by atoms with E-state index in [1.807, 2.05) is 35.1 Å². The molecule has 5 heterocycles. The lowest BCUT2D eigenvalue weighted by Gasteiger charge is -2.39. The first-order valence-corrected chi connectivity index (χ1v) is 15.0. The zero-order valence-corrected chi connectivity index (χ0v) is 22.0. The molecule has 190 valence electrons. The number of urea groups is 1. The first kappa shape index (κ1) is 24.7. The fourth-order valence-electron chi connectivity index (χ4n) is 6.05. The zero-order valence-electron chi connectivity index (χ0n) is 20.3. The van der Waals surface area contributed by atoms with Gasteiger partial charge < -0.3 is 20.4 Å². The summed E-state index contributed by atoms with van der Waals surface area (Å²) in [6, 6.07) is 4.15. The van der Waals surface area contributed by atoms with Crippen molar-refractivity contribution in [3.8, 4) is 0 Å². The smallest absolute Gasteiger partial charge is 0.315 e. The molecule has 1 aromatic heterocycles. The average molecular weight is 518 g/mol. The molecular weight excluding hydrogens is 482 g/mol.